The molecule has 8 nitrogen and oxygen atoms in total. The van der Waals surface area contributed by atoms with E-state index in [-0.39, 0.29) is 23.5 Å². The number of anilines is 1. The Morgan fingerprint density at radius 2 is 1.95 bits per heavy atom. The molecule has 1 unspecified atom stereocenters. The lowest BCUT2D eigenvalue weighted by molar-refractivity contribution is -0.383. The highest BCUT2D eigenvalue weighted by molar-refractivity contribution is 7.97. The van der Waals surface area contributed by atoms with Gasteiger partial charge in [-0.05, 0) is 12.5 Å². The lowest BCUT2D eigenvalue weighted by Gasteiger charge is -2.12. The predicted molar refractivity (Wildman–Crippen MR) is 72.7 cm³/mol. The summed E-state index contributed by atoms with van der Waals surface area (Å²) in [5.41, 5.74) is -0.543. The molecular weight excluding hydrogens is 308 g/mol. The molecule has 0 radical (unpaired) electrons. The largest absolute Gasteiger partial charge is 0.293 e. The highest BCUT2D eigenvalue weighted by atomic mass is 32.2. The summed E-state index contributed by atoms with van der Waals surface area (Å²) in [4.78, 5) is 10.1. The highest BCUT2D eigenvalue weighted by Crippen LogP contribution is 2.27. The van der Waals surface area contributed by atoms with E-state index in [1.54, 1.807) is 0 Å². The fourth-order valence-corrected chi connectivity index (χ4v) is 6.07. The lowest BCUT2D eigenvalue weighted by atomic mass is 10.3. The summed E-state index contributed by atoms with van der Waals surface area (Å²) in [5, 5.41) is 9.73. The fraction of sp³-hybridized carbons (Fsp3) is 0.400. The molecule has 1 aliphatic rings. The maximum atomic E-state index is 12.1. The first-order chi connectivity index (χ1) is 9.21. The number of nitro benzene ring substituents is 1. The predicted octanol–water partition coefficient (Wildman–Crippen LogP) is 0.524. The normalized spacial score (nSPS) is 21.5. The van der Waals surface area contributed by atoms with Crippen molar-refractivity contribution >= 4 is 31.2 Å². The minimum Gasteiger partial charge on any atom is -0.277 e. The molecule has 20 heavy (non-hydrogen) atoms. The van der Waals surface area contributed by atoms with E-state index in [9.17, 15) is 26.9 Å². The number of nitrogens with one attached hydrogen (secondary N) is 1. The van der Waals surface area contributed by atoms with Crippen molar-refractivity contribution in [3.8, 4) is 0 Å². The molecule has 1 heterocycles. The van der Waals surface area contributed by atoms with Crippen LogP contribution in [0.25, 0.3) is 0 Å². The van der Waals surface area contributed by atoms with Crippen LogP contribution in [-0.4, -0.2) is 38.5 Å². The molecule has 1 aromatic carbocycles. The Bertz CT molecular complexity index is 741. The highest BCUT2D eigenvalue weighted by Gasteiger charge is 2.37. The van der Waals surface area contributed by atoms with Crippen LogP contribution in [0.5, 0.6) is 0 Å². The van der Waals surface area contributed by atoms with E-state index in [0.717, 1.165) is 0 Å². The summed E-state index contributed by atoms with van der Waals surface area (Å²) >= 11 is 0. The zero-order valence-electron chi connectivity index (χ0n) is 10.2. The second-order valence-corrected chi connectivity index (χ2v) is 8.64. The van der Waals surface area contributed by atoms with Gasteiger partial charge in [0.2, 0.25) is 10.0 Å². The smallest absolute Gasteiger partial charge is 0.277 e. The summed E-state index contributed by atoms with van der Waals surface area (Å²) in [6.07, 6.45) is -0.00169. The van der Waals surface area contributed by atoms with Crippen molar-refractivity contribution in [1.29, 1.82) is 0 Å². The Labute approximate surface area is 115 Å². The summed E-state index contributed by atoms with van der Waals surface area (Å²) in [5.74, 6) is -0.640. The van der Waals surface area contributed by atoms with Gasteiger partial charge in [0, 0.05) is 6.07 Å². The van der Waals surface area contributed by atoms with Crippen molar-refractivity contribution in [3.05, 3.63) is 34.4 Å². The molecule has 1 fully saturated rings. The molecule has 1 aromatic rings. The summed E-state index contributed by atoms with van der Waals surface area (Å²) in [6.45, 7) is 0. The molecule has 0 amide bonds. The van der Waals surface area contributed by atoms with Gasteiger partial charge < -0.3 is 0 Å². The Morgan fingerprint density at radius 3 is 2.50 bits per heavy atom. The number of para-hydroxylation sites is 2. The van der Waals surface area contributed by atoms with Gasteiger partial charge in [0.15, 0.2) is 9.84 Å². The standard InChI is InChI=1S/C10H12N2O6S2/c13-12(14)10-4-2-1-3-9(10)11-20(17,18)8-5-6-19(15,16)7-8/h1-4,8,11H,5-7H2. The van der Waals surface area contributed by atoms with Crippen molar-refractivity contribution in [2.75, 3.05) is 16.2 Å². The summed E-state index contributed by atoms with van der Waals surface area (Å²) < 4.78 is 48.9. The van der Waals surface area contributed by atoms with E-state index < -0.39 is 35.8 Å². The van der Waals surface area contributed by atoms with E-state index in [2.05, 4.69) is 4.72 Å². The quantitative estimate of drug-likeness (QED) is 0.637. The van der Waals surface area contributed by atoms with E-state index in [4.69, 9.17) is 0 Å². The van der Waals surface area contributed by atoms with Crippen LogP contribution in [0.2, 0.25) is 0 Å². The molecule has 0 spiro atoms. The third-order valence-corrected chi connectivity index (χ3v) is 6.75. The van der Waals surface area contributed by atoms with Crippen molar-refractivity contribution < 1.29 is 21.8 Å². The third-order valence-electron chi connectivity index (χ3n) is 2.98. The van der Waals surface area contributed by atoms with Crippen molar-refractivity contribution in [2.24, 2.45) is 0 Å². The topological polar surface area (TPSA) is 123 Å². The number of rotatable bonds is 4. The Morgan fingerprint density at radius 1 is 1.30 bits per heavy atom. The van der Waals surface area contributed by atoms with Gasteiger partial charge in [-0.3, -0.25) is 14.8 Å². The number of nitro groups is 1. The van der Waals surface area contributed by atoms with Crippen LogP contribution >= 0.6 is 0 Å². The average Bonchev–Trinajstić information content (AvgIpc) is 2.70. The molecule has 0 bridgehead atoms. The van der Waals surface area contributed by atoms with Crippen LogP contribution in [0, 0.1) is 10.1 Å². The monoisotopic (exact) mass is 320 g/mol. The number of benzene rings is 1. The fourth-order valence-electron chi connectivity index (χ4n) is 1.96. The van der Waals surface area contributed by atoms with E-state index in [1.165, 1.54) is 24.3 Å². The zero-order chi connectivity index (χ0) is 15.0. The lowest BCUT2D eigenvalue weighted by Crippen LogP contribution is -2.29. The van der Waals surface area contributed by atoms with E-state index in [1.807, 2.05) is 0 Å². The number of nitrogens with zero attached hydrogens (tertiary/aromatic N) is 1. The van der Waals surface area contributed by atoms with Gasteiger partial charge in [-0.1, -0.05) is 12.1 Å². The molecule has 110 valence electrons. The molecule has 1 aliphatic heterocycles. The van der Waals surface area contributed by atoms with Crippen molar-refractivity contribution in [3.63, 3.8) is 0 Å². The second kappa shape index (κ2) is 5.02. The molecule has 1 atom stereocenters. The van der Waals surface area contributed by atoms with E-state index >= 15 is 0 Å². The minimum absolute atomic E-state index is 0.00169. The Balaban J connectivity index is 2.28. The van der Waals surface area contributed by atoms with Gasteiger partial charge >= 0.3 is 0 Å². The summed E-state index contributed by atoms with van der Waals surface area (Å²) in [6, 6.07) is 5.30. The maximum Gasteiger partial charge on any atom is 0.293 e. The van der Waals surface area contributed by atoms with Crippen LogP contribution < -0.4 is 4.72 Å². The minimum atomic E-state index is -3.97. The van der Waals surface area contributed by atoms with Crippen LogP contribution in [-0.2, 0) is 19.9 Å². The molecular formula is C10H12N2O6S2. The van der Waals surface area contributed by atoms with E-state index in [0.29, 0.717) is 0 Å². The van der Waals surface area contributed by atoms with Gasteiger partial charge in [-0.2, -0.15) is 0 Å². The zero-order valence-corrected chi connectivity index (χ0v) is 11.9. The van der Waals surface area contributed by atoms with Gasteiger partial charge in [0.25, 0.3) is 5.69 Å². The molecule has 10 heteroatoms. The second-order valence-electron chi connectivity index (χ2n) is 4.45. The molecule has 0 aliphatic carbocycles. The van der Waals surface area contributed by atoms with Crippen LogP contribution in [0.15, 0.2) is 24.3 Å². The Kier molecular flexibility index (Phi) is 3.69. The average molecular weight is 320 g/mol. The van der Waals surface area contributed by atoms with Gasteiger partial charge in [-0.25, -0.2) is 16.8 Å². The molecule has 1 N–H and O–H groups in total. The first-order valence-electron chi connectivity index (χ1n) is 5.67. The number of hydrogen-bond donors (Lipinski definition) is 1. The van der Waals surface area contributed by atoms with Crippen LogP contribution in [0.4, 0.5) is 11.4 Å². The SMILES string of the molecule is O=[N+]([O-])c1ccccc1NS(=O)(=O)C1CCS(=O)(=O)C1. The number of sulfonamides is 1. The first-order valence-corrected chi connectivity index (χ1v) is 9.03. The van der Waals surface area contributed by atoms with Gasteiger partial charge in [-0.15, -0.1) is 0 Å². The molecule has 0 aromatic heterocycles. The van der Waals surface area contributed by atoms with Crippen LogP contribution in [0.3, 0.4) is 0 Å². The molecule has 0 saturated carbocycles. The molecule has 1 saturated heterocycles. The maximum absolute atomic E-state index is 12.1. The molecule has 2 rings (SSSR count). The van der Waals surface area contributed by atoms with Gasteiger partial charge in [0.1, 0.15) is 5.69 Å². The number of hydrogen-bond acceptors (Lipinski definition) is 6. The first kappa shape index (κ1) is 14.7. The van der Waals surface area contributed by atoms with Gasteiger partial charge in [0.05, 0.1) is 21.7 Å². The van der Waals surface area contributed by atoms with Crippen molar-refractivity contribution in [2.45, 2.75) is 11.7 Å². The summed E-state index contributed by atoms with van der Waals surface area (Å²) in [7, 11) is -7.32. The van der Waals surface area contributed by atoms with Crippen LogP contribution in [0.1, 0.15) is 6.42 Å². The Hall–Kier alpha value is -1.68. The number of sulfone groups is 1. The third kappa shape index (κ3) is 3.07. The van der Waals surface area contributed by atoms with Crippen molar-refractivity contribution in [1.82, 2.24) is 0 Å².